The first-order valence-corrected chi connectivity index (χ1v) is 3.10. The van der Waals surface area contributed by atoms with Crippen LogP contribution in [-0.4, -0.2) is 16.7 Å². The van der Waals surface area contributed by atoms with Gasteiger partial charge < -0.3 is 5.21 Å². The zero-order chi connectivity index (χ0) is 9.07. The zero-order valence-corrected chi connectivity index (χ0v) is 6.75. The number of hydrogen-bond donors (Lipinski definition) is 1. The van der Waals surface area contributed by atoms with Gasteiger partial charge in [0.05, 0.1) is 0 Å². The average Bonchev–Trinajstić information content (AvgIpc) is 1.88. The monoisotopic (exact) mass is 154 g/mol. The Labute approximate surface area is 65.1 Å². The molecule has 0 aromatic rings. The number of oxime groups is 1. The van der Waals surface area contributed by atoms with Crippen LogP contribution in [0.5, 0.6) is 0 Å². The summed E-state index contributed by atoms with van der Waals surface area (Å²) in [4.78, 5) is 11.1. The number of hydrogen-bond acceptors (Lipinski definition) is 4. The maximum absolute atomic E-state index is 11.1. The van der Waals surface area contributed by atoms with Gasteiger partial charge in [0.15, 0.2) is 0 Å². The second-order valence-electron chi connectivity index (χ2n) is 3.14. The summed E-state index contributed by atoms with van der Waals surface area (Å²) in [6, 6.07) is 1.51. The van der Waals surface area contributed by atoms with E-state index in [1.54, 1.807) is 20.8 Å². The summed E-state index contributed by atoms with van der Waals surface area (Å²) >= 11 is 0. The fourth-order valence-electron chi connectivity index (χ4n) is 0.474. The molecule has 0 atom stereocenters. The van der Waals surface area contributed by atoms with Gasteiger partial charge in [0.25, 0.3) is 0 Å². The van der Waals surface area contributed by atoms with Crippen molar-refractivity contribution in [3.8, 4) is 6.07 Å². The summed E-state index contributed by atoms with van der Waals surface area (Å²) in [6.45, 7) is 4.95. The lowest BCUT2D eigenvalue weighted by molar-refractivity contribution is -0.119. The first-order chi connectivity index (χ1) is 4.93. The van der Waals surface area contributed by atoms with Crippen molar-refractivity contribution in [2.75, 3.05) is 0 Å². The Morgan fingerprint density at radius 3 is 2.09 bits per heavy atom. The van der Waals surface area contributed by atoms with E-state index >= 15 is 0 Å². The van der Waals surface area contributed by atoms with Crippen LogP contribution in [0.3, 0.4) is 0 Å². The van der Waals surface area contributed by atoms with Crippen molar-refractivity contribution in [1.29, 1.82) is 5.26 Å². The quantitative estimate of drug-likeness (QED) is 0.347. The molecule has 60 valence electrons. The van der Waals surface area contributed by atoms with Crippen LogP contribution >= 0.6 is 0 Å². The van der Waals surface area contributed by atoms with Gasteiger partial charge in [-0.05, 0) is 0 Å². The fraction of sp³-hybridized carbons (Fsp3) is 0.571. The third-order valence-corrected chi connectivity index (χ3v) is 1.10. The number of nitriles is 1. The lowest BCUT2D eigenvalue weighted by Gasteiger charge is -2.13. The molecule has 0 unspecified atom stereocenters. The van der Waals surface area contributed by atoms with Crippen LogP contribution in [-0.2, 0) is 4.79 Å². The summed E-state index contributed by atoms with van der Waals surface area (Å²) in [7, 11) is 0. The van der Waals surface area contributed by atoms with Crippen molar-refractivity contribution in [3.05, 3.63) is 0 Å². The maximum atomic E-state index is 11.1. The molecule has 1 N–H and O–H groups in total. The minimum atomic E-state index is -0.669. The van der Waals surface area contributed by atoms with Crippen LogP contribution in [0.25, 0.3) is 0 Å². The highest BCUT2D eigenvalue weighted by Gasteiger charge is 2.26. The third kappa shape index (κ3) is 2.38. The molecule has 0 aliphatic heterocycles. The molecule has 0 bridgehead atoms. The molecule has 0 spiro atoms. The average molecular weight is 154 g/mol. The van der Waals surface area contributed by atoms with Crippen molar-refractivity contribution < 1.29 is 10.0 Å². The predicted octanol–water partition coefficient (Wildman–Crippen LogP) is 0.955. The van der Waals surface area contributed by atoms with Crippen molar-refractivity contribution in [2.24, 2.45) is 10.6 Å². The molecule has 0 heterocycles. The van der Waals surface area contributed by atoms with Gasteiger partial charge in [0, 0.05) is 5.41 Å². The molecule has 4 nitrogen and oxygen atoms in total. The number of carbonyl (C=O) groups excluding carboxylic acids is 1. The number of nitrogens with zero attached hydrogens (tertiary/aromatic N) is 2. The minimum Gasteiger partial charge on any atom is -0.410 e. The first kappa shape index (κ1) is 9.63. The van der Waals surface area contributed by atoms with Crippen LogP contribution in [0.2, 0.25) is 0 Å². The second kappa shape index (κ2) is 3.15. The second-order valence-corrected chi connectivity index (χ2v) is 3.14. The van der Waals surface area contributed by atoms with E-state index in [0.717, 1.165) is 0 Å². The van der Waals surface area contributed by atoms with E-state index in [1.165, 1.54) is 6.07 Å². The predicted molar refractivity (Wildman–Crippen MR) is 39.3 cm³/mol. The molecule has 0 aliphatic rings. The van der Waals surface area contributed by atoms with Crippen molar-refractivity contribution in [2.45, 2.75) is 20.8 Å². The Morgan fingerprint density at radius 2 is 2.00 bits per heavy atom. The number of carbonyl (C=O) groups is 1. The molecule has 0 saturated heterocycles. The number of ketones is 1. The Bertz CT molecular complexity index is 230. The van der Waals surface area contributed by atoms with Gasteiger partial charge in [0.1, 0.15) is 6.07 Å². The van der Waals surface area contributed by atoms with Gasteiger partial charge in [-0.25, -0.2) is 0 Å². The van der Waals surface area contributed by atoms with E-state index < -0.39 is 16.9 Å². The van der Waals surface area contributed by atoms with Gasteiger partial charge in [0.2, 0.25) is 11.5 Å². The largest absolute Gasteiger partial charge is 0.410 e. The third-order valence-electron chi connectivity index (χ3n) is 1.10. The van der Waals surface area contributed by atoms with E-state index in [-0.39, 0.29) is 0 Å². The molecule has 0 rings (SSSR count). The summed E-state index contributed by atoms with van der Waals surface area (Å²) in [5.41, 5.74) is -1.12. The lowest BCUT2D eigenvalue weighted by Crippen LogP contribution is -2.27. The first-order valence-electron chi connectivity index (χ1n) is 3.10. The van der Waals surface area contributed by atoms with E-state index in [1.807, 2.05) is 0 Å². The van der Waals surface area contributed by atoms with Gasteiger partial charge in [-0.2, -0.15) is 5.26 Å². The molecule has 0 aliphatic carbocycles. The van der Waals surface area contributed by atoms with Crippen molar-refractivity contribution in [3.63, 3.8) is 0 Å². The Kier molecular flexibility index (Phi) is 2.76. The van der Waals surface area contributed by atoms with Crippen LogP contribution < -0.4 is 0 Å². The summed E-state index contributed by atoms with van der Waals surface area (Å²) < 4.78 is 0. The Hall–Kier alpha value is -1.37. The Balaban J connectivity index is 4.67. The summed E-state index contributed by atoms with van der Waals surface area (Å²) in [6.07, 6.45) is 0. The zero-order valence-electron chi connectivity index (χ0n) is 6.75. The van der Waals surface area contributed by atoms with Gasteiger partial charge in [-0.1, -0.05) is 25.9 Å². The molecule has 0 aromatic carbocycles. The molecule has 0 radical (unpaired) electrons. The molecule has 0 saturated carbocycles. The highest BCUT2D eigenvalue weighted by Crippen LogP contribution is 2.14. The highest BCUT2D eigenvalue weighted by molar-refractivity contribution is 6.47. The molecule has 11 heavy (non-hydrogen) atoms. The summed E-state index contributed by atoms with van der Waals surface area (Å²) in [5, 5.41) is 19.1. The molecular weight excluding hydrogens is 144 g/mol. The van der Waals surface area contributed by atoms with Crippen molar-refractivity contribution in [1.82, 2.24) is 0 Å². The molecule has 0 fully saturated rings. The van der Waals surface area contributed by atoms with Crippen LogP contribution in [0.1, 0.15) is 20.8 Å². The van der Waals surface area contributed by atoms with Crippen molar-refractivity contribution >= 4 is 11.5 Å². The topological polar surface area (TPSA) is 73.5 Å². The molecule has 4 heteroatoms. The molecule has 0 aromatic heterocycles. The van der Waals surface area contributed by atoms with Gasteiger partial charge in [-0.15, -0.1) is 0 Å². The highest BCUT2D eigenvalue weighted by atomic mass is 16.4. The fourth-order valence-corrected chi connectivity index (χ4v) is 0.474. The molecular formula is C7H10N2O2. The lowest BCUT2D eigenvalue weighted by atomic mass is 9.88. The Morgan fingerprint density at radius 1 is 1.55 bits per heavy atom. The smallest absolute Gasteiger partial charge is 0.222 e. The van der Waals surface area contributed by atoms with Crippen LogP contribution in [0.4, 0.5) is 0 Å². The SMILES string of the molecule is CC(C)(C)C(=O)/C(C#N)=N\O. The van der Waals surface area contributed by atoms with Gasteiger partial charge >= 0.3 is 0 Å². The van der Waals surface area contributed by atoms with E-state index in [9.17, 15) is 4.79 Å². The maximum Gasteiger partial charge on any atom is 0.222 e. The van der Waals surface area contributed by atoms with E-state index in [4.69, 9.17) is 10.5 Å². The summed E-state index contributed by atoms with van der Waals surface area (Å²) in [5.74, 6) is -0.456. The van der Waals surface area contributed by atoms with Crippen LogP contribution in [0, 0.1) is 16.7 Å². The van der Waals surface area contributed by atoms with E-state index in [0.29, 0.717) is 0 Å². The van der Waals surface area contributed by atoms with E-state index in [2.05, 4.69) is 5.16 Å². The standard InChI is InChI=1S/C7H10N2O2/c1-7(2,3)6(10)5(4-8)9-11/h11H,1-3H3/b9-5-. The van der Waals surface area contributed by atoms with Crippen LogP contribution in [0.15, 0.2) is 5.16 Å². The molecule has 0 amide bonds. The number of rotatable bonds is 1. The van der Waals surface area contributed by atoms with Gasteiger partial charge in [-0.3, -0.25) is 4.79 Å². The number of Topliss-reactive ketones (excluding diaryl/α,β-unsaturated/α-hetero) is 1. The minimum absolute atomic E-state index is 0.447. The normalized spacial score (nSPS) is 12.4.